The van der Waals surface area contributed by atoms with E-state index in [1.165, 1.54) is 0 Å². The van der Waals surface area contributed by atoms with Gasteiger partial charge in [-0.15, -0.1) is 0 Å². The zero-order valence-corrected chi connectivity index (χ0v) is 9.92. The Morgan fingerprint density at radius 3 is 2.72 bits per heavy atom. The Labute approximate surface area is 104 Å². The van der Waals surface area contributed by atoms with Crippen LogP contribution in [0.2, 0.25) is 0 Å². The summed E-state index contributed by atoms with van der Waals surface area (Å²) in [5.74, 6) is -0.807. The van der Waals surface area contributed by atoms with E-state index in [1.807, 2.05) is 0 Å². The van der Waals surface area contributed by atoms with Gasteiger partial charge in [0.25, 0.3) is 0 Å². The monoisotopic (exact) mass is 250 g/mol. The van der Waals surface area contributed by atoms with Gasteiger partial charge in [-0.05, 0) is 17.5 Å². The number of hydrogen-bond acceptors (Lipinski definition) is 5. The SMILES string of the molecule is COC(=O)C(O)C(O)c1ccc2c(c1)CCC2=O. The molecule has 1 aliphatic carbocycles. The predicted molar refractivity (Wildman–Crippen MR) is 62.1 cm³/mol. The van der Waals surface area contributed by atoms with Crippen LogP contribution in [0.25, 0.3) is 0 Å². The topological polar surface area (TPSA) is 83.8 Å². The molecule has 1 aromatic carbocycles. The van der Waals surface area contributed by atoms with Crippen molar-refractivity contribution in [2.45, 2.75) is 25.0 Å². The smallest absolute Gasteiger partial charge is 0.337 e. The molecule has 0 aliphatic heterocycles. The lowest BCUT2D eigenvalue weighted by Gasteiger charge is -2.16. The minimum Gasteiger partial charge on any atom is -0.467 e. The van der Waals surface area contributed by atoms with E-state index in [4.69, 9.17) is 0 Å². The van der Waals surface area contributed by atoms with Gasteiger partial charge in [0.15, 0.2) is 11.9 Å². The highest BCUT2D eigenvalue weighted by Crippen LogP contribution is 2.26. The molecule has 96 valence electrons. The average molecular weight is 250 g/mol. The number of fused-ring (bicyclic) bond motifs is 1. The molecule has 18 heavy (non-hydrogen) atoms. The summed E-state index contributed by atoms with van der Waals surface area (Å²) in [7, 11) is 1.14. The quantitative estimate of drug-likeness (QED) is 0.758. The Morgan fingerprint density at radius 1 is 1.33 bits per heavy atom. The maximum Gasteiger partial charge on any atom is 0.337 e. The van der Waals surface area contributed by atoms with Crippen molar-refractivity contribution in [1.29, 1.82) is 0 Å². The first-order chi connectivity index (χ1) is 8.54. The normalized spacial score (nSPS) is 17.2. The van der Waals surface area contributed by atoms with Crippen molar-refractivity contribution in [3.8, 4) is 0 Å². The van der Waals surface area contributed by atoms with E-state index < -0.39 is 18.2 Å². The lowest BCUT2D eigenvalue weighted by Crippen LogP contribution is -2.29. The Kier molecular flexibility index (Phi) is 3.45. The zero-order chi connectivity index (χ0) is 13.3. The molecular weight excluding hydrogens is 236 g/mol. The van der Waals surface area contributed by atoms with E-state index in [0.717, 1.165) is 12.7 Å². The fourth-order valence-electron chi connectivity index (χ4n) is 2.09. The fourth-order valence-corrected chi connectivity index (χ4v) is 2.09. The molecule has 0 saturated carbocycles. The van der Waals surface area contributed by atoms with Gasteiger partial charge < -0.3 is 14.9 Å². The van der Waals surface area contributed by atoms with Crippen LogP contribution in [0.5, 0.6) is 0 Å². The van der Waals surface area contributed by atoms with Crippen molar-refractivity contribution in [2.24, 2.45) is 0 Å². The molecule has 2 unspecified atom stereocenters. The molecule has 0 spiro atoms. The van der Waals surface area contributed by atoms with Crippen LogP contribution in [-0.4, -0.2) is 35.2 Å². The van der Waals surface area contributed by atoms with E-state index in [0.29, 0.717) is 24.0 Å². The fraction of sp³-hybridized carbons (Fsp3) is 0.385. The molecule has 0 bridgehead atoms. The summed E-state index contributed by atoms with van der Waals surface area (Å²) in [5.41, 5.74) is 1.90. The van der Waals surface area contributed by atoms with Crippen LogP contribution in [0.4, 0.5) is 0 Å². The van der Waals surface area contributed by atoms with Crippen LogP contribution in [-0.2, 0) is 16.0 Å². The number of ketones is 1. The molecule has 0 saturated heterocycles. The Balaban J connectivity index is 2.25. The summed E-state index contributed by atoms with van der Waals surface area (Å²) in [6.07, 6.45) is -1.87. The molecule has 2 rings (SSSR count). The number of methoxy groups -OCH3 is 1. The molecule has 1 aliphatic rings. The van der Waals surface area contributed by atoms with Gasteiger partial charge in [0.2, 0.25) is 0 Å². The third kappa shape index (κ3) is 2.14. The van der Waals surface area contributed by atoms with E-state index in [9.17, 15) is 19.8 Å². The number of Topliss-reactive ketones (excluding diaryl/α,β-unsaturated/α-hetero) is 1. The van der Waals surface area contributed by atoms with Gasteiger partial charge >= 0.3 is 5.97 Å². The molecule has 2 atom stereocenters. The molecule has 0 amide bonds. The Hall–Kier alpha value is -1.72. The largest absolute Gasteiger partial charge is 0.467 e. The molecule has 0 radical (unpaired) electrons. The van der Waals surface area contributed by atoms with Gasteiger partial charge in [0, 0.05) is 12.0 Å². The number of carbonyl (C=O) groups is 2. The molecule has 0 fully saturated rings. The second kappa shape index (κ2) is 4.88. The second-order valence-corrected chi connectivity index (χ2v) is 4.25. The lowest BCUT2D eigenvalue weighted by molar-refractivity contribution is -0.156. The molecule has 1 aromatic rings. The van der Waals surface area contributed by atoms with Crippen LogP contribution >= 0.6 is 0 Å². The maximum absolute atomic E-state index is 11.4. The van der Waals surface area contributed by atoms with Crippen molar-refractivity contribution in [3.05, 3.63) is 34.9 Å². The third-order valence-corrected chi connectivity index (χ3v) is 3.13. The maximum atomic E-state index is 11.4. The van der Waals surface area contributed by atoms with Gasteiger partial charge in [-0.3, -0.25) is 4.79 Å². The molecule has 5 nitrogen and oxygen atoms in total. The van der Waals surface area contributed by atoms with Crippen molar-refractivity contribution in [3.63, 3.8) is 0 Å². The summed E-state index contributed by atoms with van der Waals surface area (Å²) in [5, 5.41) is 19.4. The lowest BCUT2D eigenvalue weighted by atomic mass is 9.99. The third-order valence-electron chi connectivity index (χ3n) is 3.13. The van der Waals surface area contributed by atoms with Gasteiger partial charge in [-0.1, -0.05) is 18.2 Å². The first-order valence-corrected chi connectivity index (χ1v) is 5.64. The van der Waals surface area contributed by atoms with E-state index >= 15 is 0 Å². The number of ether oxygens (including phenoxy) is 1. The van der Waals surface area contributed by atoms with Gasteiger partial charge in [-0.25, -0.2) is 4.79 Å². The standard InChI is InChI=1S/C13H14O5/c1-18-13(17)12(16)11(15)8-2-4-9-7(6-8)3-5-10(9)14/h2,4,6,11-12,15-16H,3,5H2,1H3. The molecule has 0 aromatic heterocycles. The number of hydrogen-bond donors (Lipinski definition) is 2. The summed E-state index contributed by atoms with van der Waals surface area (Å²) >= 11 is 0. The number of carbonyl (C=O) groups excluding carboxylic acids is 2. The minimum atomic E-state index is -1.62. The van der Waals surface area contributed by atoms with E-state index in [1.54, 1.807) is 18.2 Å². The first kappa shape index (κ1) is 12.7. The van der Waals surface area contributed by atoms with Crippen molar-refractivity contribution < 1.29 is 24.5 Å². The Bertz CT molecular complexity index is 494. The van der Waals surface area contributed by atoms with Crippen LogP contribution in [0, 0.1) is 0 Å². The van der Waals surface area contributed by atoms with Gasteiger partial charge in [-0.2, -0.15) is 0 Å². The summed E-state index contributed by atoms with van der Waals surface area (Å²) in [6, 6.07) is 4.81. The van der Waals surface area contributed by atoms with Crippen molar-refractivity contribution in [2.75, 3.05) is 7.11 Å². The molecule has 0 heterocycles. The first-order valence-electron chi connectivity index (χ1n) is 5.64. The highest BCUT2D eigenvalue weighted by atomic mass is 16.5. The minimum absolute atomic E-state index is 0.0829. The Morgan fingerprint density at radius 2 is 2.06 bits per heavy atom. The van der Waals surface area contributed by atoms with E-state index in [2.05, 4.69) is 4.74 Å². The van der Waals surface area contributed by atoms with Gasteiger partial charge in [0.1, 0.15) is 6.10 Å². The number of aryl methyl sites for hydroxylation is 1. The summed E-state index contributed by atoms with van der Waals surface area (Å²) in [6.45, 7) is 0. The number of rotatable bonds is 3. The van der Waals surface area contributed by atoms with E-state index in [-0.39, 0.29) is 5.78 Å². The van der Waals surface area contributed by atoms with Crippen molar-refractivity contribution in [1.82, 2.24) is 0 Å². The highest BCUT2D eigenvalue weighted by Gasteiger charge is 2.28. The van der Waals surface area contributed by atoms with Crippen LogP contribution in [0.3, 0.4) is 0 Å². The van der Waals surface area contributed by atoms with Crippen LogP contribution in [0.1, 0.15) is 34.0 Å². The number of esters is 1. The number of aliphatic hydroxyl groups is 2. The zero-order valence-electron chi connectivity index (χ0n) is 9.92. The van der Waals surface area contributed by atoms with Crippen LogP contribution < -0.4 is 0 Å². The second-order valence-electron chi connectivity index (χ2n) is 4.25. The average Bonchev–Trinajstić information content (AvgIpc) is 2.77. The van der Waals surface area contributed by atoms with Crippen LogP contribution in [0.15, 0.2) is 18.2 Å². The number of aliphatic hydroxyl groups excluding tert-OH is 2. The molecule has 5 heteroatoms. The molecular formula is C13H14O5. The summed E-state index contributed by atoms with van der Waals surface area (Å²) in [4.78, 5) is 22.6. The highest BCUT2D eigenvalue weighted by molar-refractivity contribution is 6.00. The molecule has 2 N–H and O–H groups in total. The predicted octanol–water partition coefficient (Wildman–Crippen LogP) is 0.383. The van der Waals surface area contributed by atoms with Gasteiger partial charge in [0.05, 0.1) is 7.11 Å². The van der Waals surface area contributed by atoms with Crippen molar-refractivity contribution >= 4 is 11.8 Å². The summed E-state index contributed by atoms with van der Waals surface area (Å²) < 4.78 is 4.36. The number of benzene rings is 1.